The Balaban J connectivity index is 2.31. The third kappa shape index (κ3) is 4.22. The van der Waals surface area contributed by atoms with Gasteiger partial charge in [0.2, 0.25) is 5.95 Å². The van der Waals surface area contributed by atoms with Crippen LogP contribution >= 0.6 is 11.6 Å². The van der Waals surface area contributed by atoms with Crippen LogP contribution in [0.15, 0.2) is 24.4 Å². The second-order valence-electron chi connectivity index (χ2n) is 4.63. The van der Waals surface area contributed by atoms with E-state index in [1.54, 1.807) is 0 Å². The lowest BCUT2D eigenvalue weighted by Crippen LogP contribution is -2.24. The molecule has 0 saturated heterocycles. The Morgan fingerprint density at radius 3 is 2.52 bits per heavy atom. The molecule has 1 N–H and O–H groups in total. The molecule has 0 spiro atoms. The normalized spacial score (nSPS) is 11.4. The van der Waals surface area contributed by atoms with Gasteiger partial charge in [0.15, 0.2) is 5.82 Å². The summed E-state index contributed by atoms with van der Waals surface area (Å²) in [6.45, 7) is 5.26. The molecule has 0 aliphatic rings. The molecule has 0 amide bonds. The molecule has 0 saturated carbocycles. The minimum atomic E-state index is -4.45. The van der Waals surface area contributed by atoms with Gasteiger partial charge in [-0.2, -0.15) is 23.3 Å². The van der Waals surface area contributed by atoms with Crippen molar-refractivity contribution in [1.82, 2.24) is 15.2 Å². The summed E-state index contributed by atoms with van der Waals surface area (Å²) in [7, 11) is 0. The second kappa shape index (κ2) is 6.99. The van der Waals surface area contributed by atoms with Crippen LogP contribution in [0.3, 0.4) is 0 Å². The predicted octanol–water partition coefficient (Wildman–Crippen LogP) is 4.13. The zero-order chi connectivity index (χ0) is 17.0. The first kappa shape index (κ1) is 17.3. The fraction of sp³-hybridized carbons (Fsp3) is 0.357. The number of nitrogens with one attached hydrogen (secondary N) is 1. The largest absolute Gasteiger partial charge is 0.416 e. The molecule has 1 aromatic carbocycles. The van der Waals surface area contributed by atoms with Gasteiger partial charge in [-0.15, -0.1) is 5.10 Å². The van der Waals surface area contributed by atoms with E-state index in [0.717, 1.165) is 12.1 Å². The molecule has 9 heteroatoms. The van der Waals surface area contributed by atoms with Crippen LogP contribution in [0.25, 0.3) is 0 Å². The molecule has 2 aromatic rings. The molecular formula is C14H15ClF3N5. The van der Waals surface area contributed by atoms with Crippen molar-refractivity contribution in [2.45, 2.75) is 20.0 Å². The Morgan fingerprint density at radius 2 is 1.91 bits per heavy atom. The third-order valence-electron chi connectivity index (χ3n) is 3.15. The van der Waals surface area contributed by atoms with E-state index in [1.165, 1.54) is 12.3 Å². The van der Waals surface area contributed by atoms with E-state index in [0.29, 0.717) is 19.0 Å². The molecule has 0 atom stereocenters. The minimum Gasteiger partial charge on any atom is -0.340 e. The quantitative estimate of drug-likeness (QED) is 0.882. The molecule has 1 heterocycles. The Labute approximate surface area is 136 Å². The number of rotatable bonds is 5. The Morgan fingerprint density at radius 1 is 1.22 bits per heavy atom. The molecule has 124 valence electrons. The van der Waals surface area contributed by atoms with Gasteiger partial charge in [-0.3, -0.25) is 0 Å². The number of hydrogen-bond acceptors (Lipinski definition) is 5. The summed E-state index contributed by atoms with van der Waals surface area (Å²) < 4.78 is 38.4. The summed E-state index contributed by atoms with van der Waals surface area (Å²) in [6, 6.07) is 3.04. The van der Waals surface area contributed by atoms with E-state index in [9.17, 15) is 13.2 Å². The summed E-state index contributed by atoms with van der Waals surface area (Å²) >= 11 is 5.95. The van der Waals surface area contributed by atoms with Gasteiger partial charge in [0, 0.05) is 13.1 Å². The molecule has 0 fully saturated rings. The van der Waals surface area contributed by atoms with E-state index in [2.05, 4.69) is 20.5 Å². The summed E-state index contributed by atoms with van der Waals surface area (Å²) in [4.78, 5) is 6.11. The zero-order valence-electron chi connectivity index (χ0n) is 12.5. The van der Waals surface area contributed by atoms with Crippen LogP contribution in [0, 0.1) is 0 Å². The summed E-state index contributed by atoms with van der Waals surface area (Å²) in [5, 5.41) is 10.6. The van der Waals surface area contributed by atoms with Gasteiger partial charge in [0.25, 0.3) is 0 Å². The molecular weight excluding hydrogens is 331 g/mol. The van der Waals surface area contributed by atoms with E-state index in [-0.39, 0.29) is 16.5 Å². The van der Waals surface area contributed by atoms with Crippen molar-refractivity contribution in [3.63, 3.8) is 0 Å². The highest BCUT2D eigenvalue weighted by molar-refractivity contribution is 6.33. The van der Waals surface area contributed by atoms with Crippen LogP contribution in [0.2, 0.25) is 5.02 Å². The van der Waals surface area contributed by atoms with Crippen molar-refractivity contribution in [2.24, 2.45) is 0 Å². The SMILES string of the molecule is CCN(CC)c1nncc(Nc2cc(C(F)(F)F)ccc2Cl)n1. The van der Waals surface area contributed by atoms with Gasteiger partial charge >= 0.3 is 6.18 Å². The zero-order valence-corrected chi connectivity index (χ0v) is 13.3. The highest BCUT2D eigenvalue weighted by atomic mass is 35.5. The molecule has 23 heavy (non-hydrogen) atoms. The topological polar surface area (TPSA) is 53.9 Å². The lowest BCUT2D eigenvalue weighted by atomic mass is 10.2. The number of aromatic nitrogens is 3. The number of nitrogens with zero attached hydrogens (tertiary/aromatic N) is 4. The highest BCUT2D eigenvalue weighted by Gasteiger charge is 2.31. The van der Waals surface area contributed by atoms with Gasteiger partial charge in [-0.05, 0) is 32.0 Å². The van der Waals surface area contributed by atoms with Crippen molar-refractivity contribution in [1.29, 1.82) is 0 Å². The van der Waals surface area contributed by atoms with Gasteiger partial charge in [-0.1, -0.05) is 11.6 Å². The first-order valence-electron chi connectivity index (χ1n) is 6.93. The van der Waals surface area contributed by atoms with Crippen LogP contribution in [0.1, 0.15) is 19.4 Å². The van der Waals surface area contributed by atoms with Crippen LogP contribution in [0.4, 0.5) is 30.6 Å². The first-order chi connectivity index (χ1) is 10.8. The smallest absolute Gasteiger partial charge is 0.340 e. The first-order valence-corrected chi connectivity index (χ1v) is 7.31. The van der Waals surface area contributed by atoms with E-state index in [1.807, 2.05) is 18.7 Å². The maximum Gasteiger partial charge on any atom is 0.416 e. The molecule has 0 aliphatic carbocycles. The summed E-state index contributed by atoms with van der Waals surface area (Å²) in [6.07, 6.45) is -3.12. The lowest BCUT2D eigenvalue weighted by Gasteiger charge is -2.18. The molecule has 1 aromatic heterocycles. The molecule has 0 radical (unpaired) electrons. The van der Waals surface area contributed by atoms with Crippen molar-refractivity contribution < 1.29 is 13.2 Å². The number of halogens is 4. The van der Waals surface area contributed by atoms with Crippen molar-refractivity contribution in [3.05, 3.63) is 35.0 Å². The van der Waals surface area contributed by atoms with E-state index >= 15 is 0 Å². The van der Waals surface area contributed by atoms with Crippen molar-refractivity contribution >= 4 is 29.1 Å². The monoisotopic (exact) mass is 345 g/mol. The average Bonchev–Trinajstić information content (AvgIpc) is 2.50. The fourth-order valence-electron chi connectivity index (χ4n) is 1.93. The number of alkyl halides is 3. The Kier molecular flexibility index (Phi) is 5.25. The number of benzene rings is 1. The Bertz CT molecular complexity index is 674. The predicted molar refractivity (Wildman–Crippen MR) is 83.1 cm³/mol. The highest BCUT2D eigenvalue weighted by Crippen LogP contribution is 2.34. The number of anilines is 3. The molecule has 0 aliphatic heterocycles. The molecule has 0 unspecified atom stereocenters. The van der Waals surface area contributed by atoms with Gasteiger partial charge in [0.05, 0.1) is 22.5 Å². The molecule has 5 nitrogen and oxygen atoms in total. The lowest BCUT2D eigenvalue weighted by molar-refractivity contribution is -0.137. The van der Waals surface area contributed by atoms with Crippen LogP contribution in [0.5, 0.6) is 0 Å². The van der Waals surface area contributed by atoms with Crippen LogP contribution in [-0.2, 0) is 6.18 Å². The minimum absolute atomic E-state index is 0.104. The van der Waals surface area contributed by atoms with Crippen molar-refractivity contribution in [2.75, 3.05) is 23.3 Å². The number of hydrogen-bond donors (Lipinski definition) is 1. The van der Waals surface area contributed by atoms with Gasteiger partial charge in [0.1, 0.15) is 0 Å². The maximum absolute atomic E-state index is 12.8. The standard InChI is InChI=1S/C14H15ClF3N5/c1-3-23(4-2)13-21-12(8-19-22-13)20-11-7-9(14(16,17)18)5-6-10(11)15/h5-8H,3-4H2,1-2H3,(H,20,21,22). The molecule has 0 bridgehead atoms. The van der Waals surface area contributed by atoms with Gasteiger partial charge in [-0.25, -0.2) is 0 Å². The van der Waals surface area contributed by atoms with Gasteiger partial charge < -0.3 is 10.2 Å². The van der Waals surface area contributed by atoms with Crippen molar-refractivity contribution in [3.8, 4) is 0 Å². The van der Waals surface area contributed by atoms with Crippen LogP contribution < -0.4 is 10.2 Å². The summed E-state index contributed by atoms with van der Waals surface area (Å²) in [5.41, 5.74) is -0.692. The third-order valence-corrected chi connectivity index (χ3v) is 3.48. The van der Waals surface area contributed by atoms with E-state index < -0.39 is 11.7 Å². The maximum atomic E-state index is 12.8. The summed E-state index contributed by atoms with van der Waals surface area (Å²) in [5.74, 6) is 0.659. The second-order valence-corrected chi connectivity index (χ2v) is 5.04. The molecule has 2 rings (SSSR count). The fourth-order valence-corrected chi connectivity index (χ4v) is 2.09. The average molecular weight is 346 g/mol. The Hall–Kier alpha value is -2.09. The van der Waals surface area contributed by atoms with Crippen LogP contribution in [-0.4, -0.2) is 28.3 Å². The van der Waals surface area contributed by atoms with E-state index in [4.69, 9.17) is 11.6 Å².